The molecule has 2 heteroatoms. The van der Waals surface area contributed by atoms with Gasteiger partial charge in [0.15, 0.2) is 0 Å². The Morgan fingerprint density at radius 3 is 1.71 bits per heavy atom. The molecule has 1 fully saturated rings. The summed E-state index contributed by atoms with van der Waals surface area (Å²) in [6.45, 7) is 55.9. The Bertz CT molecular complexity index is 3150. The van der Waals surface area contributed by atoms with E-state index in [1.165, 1.54) is 89.7 Å². The number of fused-ring (bicyclic) bond motifs is 2. The SMILES string of the molecule is C=C(C=C1/C(=C\C)C(C)(C)CC1(C)C)N(c1ccc2c(c1)C(C)(C)CC2(C)C)c1cc(C(C)(C)C)cc(N(C2=CCC(C(C)(C)c3ccccc3)C=C2C2(C)C=CC=C2)c2cc3c(cc2C)C(C)(C)CC3(C)C)c1C. The summed E-state index contributed by atoms with van der Waals surface area (Å²) in [5, 5.41) is 0. The van der Waals surface area contributed by atoms with E-state index in [1.807, 2.05) is 0 Å². The highest BCUT2D eigenvalue weighted by Crippen LogP contribution is 2.59. The lowest BCUT2D eigenvalue weighted by Crippen LogP contribution is -2.34. The van der Waals surface area contributed by atoms with Gasteiger partial charge in [0, 0.05) is 28.2 Å². The lowest BCUT2D eigenvalue weighted by atomic mass is 9.67. The standard InChI is InChI=1S/C73H94N2/c1-23-54-57(69(14,15)44-66(54,8)9)38-48(3)74(53-32-33-55-58(42-53)70(16,17)45-67(55,10)11)63-40-52(65(5,6)7)41-64(49(63)4)75(62-43-59-56(37-47(62)2)68(12,13)46-71(59,18)19)61-34-31-51(39-60(61)73(22)35-27-28-36-73)72(20,21)50-29-25-24-26-30-50/h23-30,32-43,51H,3,31,44-46H2,1-2,4-22H3/b54-23+,57-38?. The minimum atomic E-state index is -0.316. The maximum atomic E-state index is 5.15. The average Bonchev–Trinajstić information content (AvgIpc) is 3.94. The van der Waals surface area contributed by atoms with Crippen molar-refractivity contribution in [1.29, 1.82) is 0 Å². The number of allylic oxidation sites excluding steroid dienone is 11. The van der Waals surface area contributed by atoms with Crippen molar-refractivity contribution >= 4 is 22.7 Å². The van der Waals surface area contributed by atoms with E-state index >= 15 is 0 Å². The van der Waals surface area contributed by atoms with E-state index in [1.54, 1.807) is 0 Å². The predicted octanol–water partition coefficient (Wildman–Crippen LogP) is 20.6. The quantitative estimate of drug-likeness (QED) is 0.156. The van der Waals surface area contributed by atoms with Gasteiger partial charge in [0.25, 0.3) is 0 Å². The Labute approximate surface area is 456 Å². The van der Waals surface area contributed by atoms with Crippen LogP contribution in [0.5, 0.6) is 0 Å². The number of benzene rings is 4. The molecular weight excluding hydrogens is 905 g/mol. The summed E-state index contributed by atoms with van der Waals surface area (Å²) in [6.07, 6.45) is 23.7. The predicted molar refractivity (Wildman–Crippen MR) is 326 cm³/mol. The van der Waals surface area contributed by atoms with Crippen molar-refractivity contribution in [3.8, 4) is 0 Å². The van der Waals surface area contributed by atoms with Crippen LogP contribution in [-0.2, 0) is 32.5 Å². The van der Waals surface area contributed by atoms with Crippen LogP contribution < -0.4 is 9.80 Å². The lowest BCUT2D eigenvalue weighted by Gasteiger charge is -2.43. The van der Waals surface area contributed by atoms with Crippen molar-refractivity contribution in [3.63, 3.8) is 0 Å². The fraction of sp³-hybridized carbons (Fsp3) is 0.479. The summed E-state index contributed by atoms with van der Waals surface area (Å²) in [5.41, 5.74) is 21.9. The zero-order valence-electron chi connectivity index (χ0n) is 50.6. The minimum absolute atomic E-state index is 0.0140. The molecule has 1 saturated carbocycles. The van der Waals surface area contributed by atoms with Crippen LogP contribution in [0.3, 0.4) is 0 Å². The molecule has 0 bridgehead atoms. The Hall–Kier alpha value is -5.34. The third-order valence-corrected chi connectivity index (χ3v) is 19.2. The number of hydrogen-bond acceptors (Lipinski definition) is 2. The van der Waals surface area contributed by atoms with Gasteiger partial charge >= 0.3 is 0 Å². The van der Waals surface area contributed by atoms with Gasteiger partial charge in [-0.25, -0.2) is 0 Å². The first-order valence-corrected chi connectivity index (χ1v) is 28.6. The van der Waals surface area contributed by atoms with Crippen molar-refractivity contribution < 1.29 is 0 Å². The molecule has 0 heterocycles. The van der Waals surface area contributed by atoms with Crippen molar-refractivity contribution in [3.05, 3.63) is 201 Å². The van der Waals surface area contributed by atoms with Crippen molar-refractivity contribution in [2.45, 2.75) is 204 Å². The zero-order chi connectivity index (χ0) is 55.0. The summed E-state index contributed by atoms with van der Waals surface area (Å²) >= 11 is 0. The molecule has 1 atom stereocenters. The van der Waals surface area contributed by atoms with Gasteiger partial charge in [-0.2, -0.15) is 0 Å². The number of hydrogen-bond donors (Lipinski definition) is 0. The molecule has 0 aliphatic heterocycles. The highest BCUT2D eigenvalue weighted by Gasteiger charge is 2.47. The van der Waals surface area contributed by atoms with E-state index in [2.05, 4.69) is 277 Å². The van der Waals surface area contributed by atoms with Crippen LogP contribution in [0, 0.1) is 36.0 Å². The van der Waals surface area contributed by atoms with Gasteiger partial charge in [-0.3, -0.25) is 0 Å². The number of anilines is 4. The molecule has 0 aromatic heterocycles. The van der Waals surface area contributed by atoms with Crippen molar-refractivity contribution in [1.82, 2.24) is 0 Å². The summed E-state index contributed by atoms with van der Waals surface area (Å²) in [4.78, 5) is 5.27. The highest BCUT2D eigenvalue weighted by atomic mass is 15.2. The zero-order valence-corrected chi connectivity index (χ0v) is 50.6. The molecule has 5 aliphatic carbocycles. The largest absolute Gasteiger partial charge is 0.311 e. The van der Waals surface area contributed by atoms with Crippen LogP contribution in [0.15, 0.2) is 156 Å². The molecule has 2 nitrogen and oxygen atoms in total. The maximum absolute atomic E-state index is 5.15. The molecule has 1 unspecified atom stereocenters. The van der Waals surface area contributed by atoms with Crippen LogP contribution in [0.25, 0.3) is 0 Å². The van der Waals surface area contributed by atoms with Crippen molar-refractivity contribution in [2.24, 2.45) is 22.2 Å². The van der Waals surface area contributed by atoms with Crippen molar-refractivity contribution in [2.75, 3.05) is 9.80 Å². The van der Waals surface area contributed by atoms with Gasteiger partial charge in [-0.15, -0.1) is 0 Å². The van der Waals surface area contributed by atoms with Gasteiger partial charge < -0.3 is 9.80 Å². The minimum Gasteiger partial charge on any atom is -0.311 e. The molecule has 0 N–H and O–H groups in total. The molecule has 9 rings (SSSR count). The first-order valence-electron chi connectivity index (χ1n) is 28.6. The molecule has 0 spiro atoms. The van der Waals surface area contributed by atoms with Crippen LogP contribution in [-0.4, -0.2) is 0 Å². The highest BCUT2D eigenvalue weighted by molar-refractivity contribution is 5.86. The molecule has 0 saturated heterocycles. The Kier molecular flexibility index (Phi) is 13.0. The van der Waals surface area contributed by atoms with Gasteiger partial charge in [-0.05, 0) is 200 Å². The molecule has 5 aliphatic rings. The second-order valence-corrected chi connectivity index (χ2v) is 29.7. The lowest BCUT2D eigenvalue weighted by molar-refractivity contribution is 0.338. The molecule has 0 amide bonds. The van der Waals surface area contributed by atoms with E-state index < -0.39 is 0 Å². The Balaban J connectivity index is 1.36. The van der Waals surface area contributed by atoms with Crippen LogP contribution in [0.2, 0.25) is 0 Å². The summed E-state index contributed by atoms with van der Waals surface area (Å²) in [6, 6.07) is 28.8. The maximum Gasteiger partial charge on any atom is 0.0514 e. The number of nitrogens with zero attached hydrogens (tertiary/aromatic N) is 2. The van der Waals surface area contributed by atoms with E-state index in [-0.39, 0.29) is 54.7 Å². The fourth-order valence-corrected chi connectivity index (χ4v) is 15.7. The second-order valence-electron chi connectivity index (χ2n) is 29.7. The first-order chi connectivity index (χ1) is 34.6. The molecule has 4 aromatic rings. The molecular formula is C73H94N2. The van der Waals surface area contributed by atoms with Crippen LogP contribution in [0.1, 0.15) is 202 Å². The first kappa shape index (κ1) is 54.4. The molecule has 396 valence electrons. The second kappa shape index (κ2) is 17.9. The molecule has 4 aromatic carbocycles. The van der Waals surface area contributed by atoms with Gasteiger partial charge in [0.05, 0.1) is 11.4 Å². The summed E-state index contributed by atoms with van der Waals surface area (Å²) in [5.74, 6) is 0.283. The third kappa shape index (κ3) is 9.25. The fourth-order valence-electron chi connectivity index (χ4n) is 15.7. The van der Waals surface area contributed by atoms with Crippen LogP contribution >= 0.6 is 0 Å². The normalized spacial score (nSPS) is 23.3. The average molecular weight is 1000 g/mol. The smallest absolute Gasteiger partial charge is 0.0514 e. The summed E-state index contributed by atoms with van der Waals surface area (Å²) < 4.78 is 0. The van der Waals surface area contributed by atoms with Gasteiger partial charge in [0.2, 0.25) is 0 Å². The Morgan fingerprint density at radius 2 is 1.12 bits per heavy atom. The van der Waals surface area contributed by atoms with E-state index in [9.17, 15) is 0 Å². The van der Waals surface area contributed by atoms with E-state index in [0.29, 0.717) is 0 Å². The third-order valence-electron chi connectivity index (χ3n) is 19.2. The Morgan fingerprint density at radius 1 is 0.587 bits per heavy atom. The van der Waals surface area contributed by atoms with Crippen LogP contribution in [0.4, 0.5) is 22.7 Å². The number of aryl methyl sites for hydroxylation is 1. The topological polar surface area (TPSA) is 6.48 Å². The van der Waals surface area contributed by atoms with Gasteiger partial charge in [0.1, 0.15) is 0 Å². The number of rotatable bonds is 10. The molecule has 0 radical (unpaired) electrons. The van der Waals surface area contributed by atoms with E-state index in [4.69, 9.17) is 6.58 Å². The van der Waals surface area contributed by atoms with E-state index in [0.717, 1.165) is 31.4 Å². The summed E-state index contributed by atoms with van der Waals surface area (Å²) in [7, 11) is 0. The monoisotopic (exact) mass is 999 g/mol. The molecule has 75 heavy (non-hydrogen) atoms. The van der Waals surface area contributed by atoms with Gasteiger partial charge in [-0.1, -0.05) is 209 Å².